The van der Waals surface area contributed by atoms with Gasteiger partial charge in [0.2, 0.25) is 0 Å². The second-order valence-electron chi connectivity index (χ2n) is 12.3. The number of hydrogen-bond donors (Lipinski definition) is 1. The van der Waals surface area contributed by atoms with E-state index in [-0.39, 0.29) is 0 Å². The van der Waals surface area contributed by atoms with Crippen LogP contribution in [0, 0.1) is 0 Å². The van der Waals surface area contributed by atoms with E-state index in [9.17, 15) is 26.4 Å². The molecule has 1 fully saturated rings. The van der Waals surface area contributed by atoms with Gasteiger partial charge >= 0.3 is 12.1 Å². The number of amides is 1. The highest BCUT2D eigenvalue weighted by Gasteiger charge is 2.55. The molecule has 2 unspecified atom stereocenters. The van der Waals surface area contributed by atoms with Crippen molar-refractivity contribution in [3.05, 3.63) is 0 Å². The molecular weight excluding hydrogens is 600 g/mol. The van der Waals surface area contributed by atoms with Crippen LogP contribution in [0.2, 0.25) is 58.9 Å². The maximum absolute atomic E-state index is 13.4. The fourth-order valence-corrected chi connectivity index (χ4v) is 8.70. The number of nitrogens with one attached hydrogen (secondary N) is 1. The molecule has 0 saturated carbocycles. The molecule has 7 atom stereocenters. The number of thioether (sulfide) groups is 1. The molecule has 1 rings (SSSR count). The minimum Gasteiger partial charge on any atom is -0.409 e. The highest BCUT2D eigenvalue weighted by molar-refractivity contribution is 7.99. The topological polar surface area (TPSA) is 109 Å². The first-order valence-corrected chi connectivity index (χ1v) is 25.5. The van der Waals surface area contributed by atoms with Crippen LogP contribution >= 0.6 is 11.8 Å². The van der Waals surface area contributed by atoms with Gasteiger partial charge in [0.15, 0.2) is 25.0 Å². The van der Waals surface area contributed by atoms with E-state index in [0.29, 0.717) is 0 Å². The van der Waals surface area contributed by atoms with E-state index in [1.54, 1.807) is 6.26 Å². The molecular formula is C21H44F3NO8S2Si3. The van der Waals surface area contributed by atoms with E-state index in [1.807, 2.05) is 64.2 Å². The van der Waals surface area contributed by atoms with Gasteiger partial charge in [-0.1, -0.05) is 0 Å². The highest BCUT2D eigenvalue weighted by atomic mass is 32.2. The summed E-state index contributed by atoms with van der Waals surface area (Å²) in [7, 11) is -11.0. The third kappa shape index (κ3) is 12.3. The Hall–Kier alpha value is 0.0106. The average Bonchev–Trinajstić information content (AvgIpc) is 2.63. The van der Waals surface area contributed by atoms with Crippen molar-refractivity contribution in [1.82, 2.24) is 5.32 Å². The normalized spacial score (nSPS) is 27.6. The molecule has 0 aromatic carbocycles. The number of alkyl halides is 3. The van der Waals surface area contributed by atoms with E-state index in [0.717, 1.165) is 6.26 Å². The summed E-state index contributed by atoms with van der Waals surface area (Å²) in [5, 5.41) is 1.93. The molecule has 0 aromatic heterocycles. The van der Waals surface area contributed by atoms with Crippen LogP contribution < -0.4 is 5.32 Å². The van der Waals surface area contributed by atoms with Crippen molar-refractivity contribution in [1.29, 1.82) is 0 Å². The van der Waals surface area contributed by atoms with E-state index >= 15 is 0 Å². The van der Waals surface area contributed by atoms with Crippen LogP contribution in [0.1, 0.15) is 6.92 Å². The van der Waals surface area contributed by atoms with E-state index < -0.39 is 89.2 Å². The lowest BCUT2D eigenvalue weighted by Gasteiger charge is -2.52. The van der Waals surface area contributed by atoms with Crippen LogP contribution in [0.5, 0.6) is 0 Å². The summed E-state index contributed by atoms with van der Waals surface area (Å²) < 4.78 is 95.0. The predicted molar refractivity (Wildman–Crippen MR) is 150 cm³/mol. The van der Waals surface area contributed by atoms with Crippen LogP contribution in [0.4, 0.5) is 13.2 Å². The van der Waals surface area contributed by atoms with E-state index in [2.05, 4.69) is 0 Å². The van der Waals surface area contributed by atoms with Crippen LogP contribution in [0.15, 0.2) is 0 Å². The predicted octanol–water partition coefficient (Wildman–Crippen LogP) is 4.15. The molecule has 38 heavy (non-hydrogen) atoms. The molecule has 1 amide bonds. The minimum absolute atomic E-state index is 0.619. The molecule has 1 saturated heterocycles. The Labute approximate surface area is 232 Å². The highest BCUT2D eigenvalue weighted by Crippen LogP contribution is 2.38. The molecule has 1 N–H and O–H groups in total. The van der Waals surface area contributed by atoms with Crippen molar-refractivity contribution < 1.29 is 48.6 Å². The smallest absolute Gasteiger partial charge is 0.409 e. The lowest BCUT2D eigenvalue weighted by molar-refractivity contribution is -0.200. The van der Waals surface area contributed by atoms with Crippen LogP contribution in [-0.2, 0) is 37.1 Å². The number of halogens is 3. The first kappa shape index (κ1) is 36.0. The van der Waals surface area contributed by atoms with Crippen molar-refractivity contribution in [2.24, 2.45) is 0 Å². The van der Waals surface area contributed by atoms with Gasteiger partial charge in [0, 0.05) is 0 Å². The van der Waals surface area contributed by atoms with Gasteiger partial charge in [0.25, 0.3) is 10.1 Å². The second-order valence-corrected chi connectivity index (χ2v) is 28.2. The van der Waals surface area contributed by atoms with Crippen molar-refractivity contribution in [3.63, 3.8) is 0 Å². The number of carbonyl (C=O) groups is 1. The number of ether oxygens (including phenoxy) is 1. The first-order valence-electron chi connectivity index (χ1n) is 12.2. The maximum atomic E-state index is 13.4. The zero-order valence-corrected chi connectivity index (χ0v) is 28.9. The summed E-state index contributed by atoms with van der Waals surface area (Å²) in [6, 6.07) is -1.55. The number of carbonyl (C=O) groups excluding carboxylic acids is 1. The summed E-state index contributed by atoms with van der Waals surface area (Å²) in [6.07, 6.45) is -7.69. The molecule has 0 bridgehead atoms. The molecule has 0 aromatic rings. The Morgan fingerprint density at radius 3 is 1.68 bits per heavy atom. The van der Waals surface area contributed by atoms with Crippen molar-refractivity contribution >= 4 is 52.7 Å². The molecule has 17 heteroatoms. The zero-order valence-electron chi connectivity index (χ0n) is 24.3. The van der Waals surface area contributed by atoms with Crippen molar-refractivity contribution in [2.45, 2.75) is 114 Å². The Bertz CT molecular complexity index is 907. The summed E-state index contributed by atoms with van der Waals surface area (Å²) in [5.41, 5.74) is -0.703. The third-order valence-electron chi connectivity index (χ3n) is 4.97. The third-order valence-corrected chi connectivity index (χ3v) is 9.41. The summed E-state index contributed by atoms with van der Waals surface area (Å²) in [6.45, 7) is 18.9. The van der Waals surface area contributed by atoms with Gasteiger partial charge in [-0.05, 0) is 72.1 Å². The standard InChI is InChI=1S/C21H44F3NO8S2Si3/c1-13(30-35(3,27)28)14(25-20(26)21(22,23)24)15-16(31-36(4,5)6)17(32-37(7,8)9)18(19(29-15)34-2)33-38(10,11)12/h13-19H,1-12H3,(H,25,26)/t13-,14-,15-,16?,17-,18-,19?/m1/s1. The Kier molecular flexibility index (Phi) is 12.2. The van der Waals surface area contributed by atoms with Crippen molar-refractivity contribution in [3.8, 4) is 0 Å². The quantitative estimate of drug-likeness (QED) is 0.248. The molecule has 1 heterocycles. The van der Waals surface area contributed by atoms with E-state index in [1.165, 1.54) is 18.7 Å². The fraction of sp³-hybridized carbons (Fsp3) is 0.952. The maximum Gasteiger partial charge on any atom is 0.471 e. The molecule has 9 nitrogen and oxygen atoms in total. The monoisotopic (exact) mass is 643 g/mol. The second kappa shape index (κ2) is 12.9. The average molecular weight is 644 g/mol. The van der Waals surface area contributed by atoms with Crippen LogP contribution in [-0.4, -0.2) is 100.0 Å². The van der Waals surface area contributed by atoms with Crippen LogP contribution in [0.3, 0.4) is 0 Å². The molecule has 0 radical (unpaired) electrons. The van der Waals surface area contributed by atoms with Crippen LogP contribution in [0.25, 0.3) is 0 Å². The van der Waals surface area contributed by atoms with Gasteiger partial charge in [-0.15, -0.1) is 11.8 Å². The van der Waals surface area contributed by atoms with Gasteiger partial charge in [-0.25, -0.2) is 0 Å². The first-order chi connectivity index (χ1) is 16.7. The summed E-state index contributed by atoms with van der Waals surface area (Å²) >= 11 is 1.29. The molecule has 0 spiro atoms. The van der Waals surface area contributed by atoms with E-state index in [4.69, 9.17) is 22.2 Å². The molecule has 1 aliphatic rings. The lowest BCUT2D eigenvalue weighted by Crippen LogP contribution is -2.70. The fourth-order valence-electron chi connectivity index (χ4n) is 3.97. The van der Waals surface area contributed by atoms with Gasteiger partial charge in [-0.3, -0.25) is 8.98 Å². The molecule has 226 valence electrons. The van der Waals surface area contributed by atoms with Gasteiger partial charge < -0.3 is 23.3 Å². The van der Waals surface area contributed by atoms with Gasteiger partial charge in [0.05, 0.1) is 18.4 Å². The SMILES string of the molecule is CSC1O[C@H]([C@H](NC(=O)C(F)(F)F)[C@@H](C)OS(C)(=O)=O)C(O[Si](C)(C)C)[C@@H](O[Si](C)(C)C)[C@H]1O[Si](C)(C)C. The molecule has 1 aliphatic heterocycles. The van der Waals surface area contributed by atoms with Crippen molar-refractivity contribution in [2.75, 3.05) is 12.5 Å². The Balaban J connectivity index is 3.81. The Morgan fingerprint density at radius 2 is 1.32 bits per heavy atom. The lowest BCUT2D eigenvalue weighted by atomic mass is 9.92. The van der Waals surface area contributed by atoms with Gasteiger partial charge in [0.1, 0.15) is 29.9 Å². The number of hydrogen-bond acceptors (Lipinski definition) is 9. The zero-order chi connectivity index (χ0) is 30.1. The largest absolute Gasteiger partial charge is 0.471 e. The summed E-state index contributed by atoms with van der Waals surface area (Å²) in [4.78, 5) is 12.1. The summed E-state index contributed by atoms with van der Waals surface area (Å²) in [5.74, 6) is -2.24. The van der Waals surface area contributed by atoms with Gasteiger partial charge in [-0.2, -0.15) is 21.6 Å². The molecule has 0 aliphatic carbocycles. The Morgan fingerprint density at radius 1 is 0.895 bits per heavy atom. The minimum atomic E-state index is -5.22. The number of rotatable bonds is 12.